The van der Waals surface area contributed by atoms with E-state index in [2.05, 4.69) is 12.2 Å². The molecule has 6 heteroatoms. The Morgan fingerprint density at radius 2 is 1.88 bits per heavy atom. The summed E-state index contributed by atoms with van der Waals surface area (Å²) in [5, 5.41) is 3.05. The summed E-state index contributed by atoms with van der Waals surface area (Å²) in [6.45, 7) is 8.91. The van der Waals surface area contributed by atoms with E-state index in [0.717, 1.165) is 24.8 Å². The van der Waals surface area contributed by atoms with Crippen molar-refractivity contribution in [2.24, 2.45) is 11.8 Å². The van der Waals surface area contributed by atoms with Gasteiger partial charge in [-0.3, -0.25) is 9.69 Å². The molecule has 1 saturated heterocycles. The van der Waals surface area contributed by atoms with Gasteiger partial charge in [-0.25, -0.2) is 4.79 Å². The maximum absolute atomic E-state index is 13.4. The summed E-state index contributed by atoms with van der Waals surface area (Å²) in [6.07, 6.45) is 9.21. The van der Waals surface area contributed by atoms with Crippen molar-refractivity contribution in [2.45, 2.75) is 110 Å². The van der Waals surface area contributed by atoms with Crippen molar-refractivity contribution in [3.63, 3.8) is 0 Å². The van der Waals surface area contributed by atoms with Gasteiger partial charge in [-0.05, 0) is 44.6 Å². The van der Waals surface area contributed by atoms with Gasteiger partial charge in [0.25, 0.3) is 0 Å². The van der Waals surface area contributed by atoms with E-state index in [4.69, 9.17) is 9.47 Å². The number of nitrogens with one attached hydrogen (secondary N) is 1. The molecule has 34 heavy (non-hydrogen) atoms. The number of amides is 2. The Kier molecular flexibility index (Phi) is 9.81. The van der Waals surface area contributed by atoms with Gasteiger partial charge in [0.2, 0.25) is 5.91 Å². The third kappa shape index (κ3) is 7.21. The van der Waals surface area contributed by atoms with Crippen LogP contribution in [0.4, 0.5) is 4.79 Å². The fraction of sp³-hybridized carbons (Fsp3) is 0.714. The van der Waals surface area contributed by atoms with Gasteiger partial charge in [0.15, 0.2) is 0 Å². The first-order valence-corrected chi connectivity index (χ1v) is 13.3. The molecule has 2 fully saturated rings. The second kappa shape index (κ2) is 12.6. The summed E-state index contributed by atoms with van der Waals surface area (Å²) < 4.78 is 12.2. The molecule has 1 N–H and O–H groups in total. The van der Waals surface area contributed by atoms with Gasteiger partial charge < -0.3 is 14.8 Å². The molecule has 1 aromatic carbocycles. The normalized spacial score (nSPS) is 23.5. The summed E-state index contributed by atoms with van der Waals surface area (Å²) in [5.41, 5.74) is 0.183. The number of unbranched alkanes of at least 4 members (excludes halogenated alkanes) is 1. The van der Waals surface area contributed by atoms with E-state index in [1.165, 1.54) is 32.1 Å². The lowest BCUT2D eigenvalue weighted by molar-refractivity contribution is -0.126. The monoisotopic (exact) mass is 472 g/mol. The van der Waals surface area contributed by atoms with Crippen molar-refractivity contribution in [3.05, 3.63) is 35.9 Å². The average molecular weight is 473 g/mol. The van der Waals surface area contributed by atoms with Gasteiger partial charge in [0.05, 0.1) is 12.1 Å². The molecular weight excluding hydrogens is 428 g/mol. The molecule has 0 spiro atoms. The first-order chi connectivity index (χ1) is 16.3. The Hall–Kier alpha value is -2.08. The second-order valence-corrected chi connectivity index (χ2v) is 10.6. The van der Waals surface area contributed by atoms with Crippen LogP contribution in [0.25, 0.3) is 0 Å². The first-order valence-electron chi connectivity index (χ1n) is 13.3. The molecule has 1 saturated carbocycles. The number of rotatable bonds is 10. The SMILES string of the molecule is CCCCNC(=O)[C@@H](C)C[C@@H]1OC(C)(C)N(C(=O)OCc2ccccc2)[C@H]1CC1CCCCC1. The zero-order valence-corrected chi connectivity index (χ0v) is 21.6. The molecule has 0 aromatic heterocycles. The summed E-state index contributed by atoms with van der Waals surface area (Å²) in [7, 11) is 0. The zero-order chi connectivity index (χ0) is 24.6. The third-order valence-electron chi connectivity index (χ3n) is 7.35. The molecule has 1 heterocycles. The van der Waals surface area contributed by atoms with Gasteiger partial charge in [0, 0.05) is 12.5 Å². The van der Waals surface area contributed by atoms with Crippen molar-refractivity contribution in [1.82, 2.24) is 10.2 Å². The lowest BCUT2D eigenvalue weighted by Crippen LogP contribution is -2.49. The molecule has 1 aromatic rings. The summed E-state index contributed by atoms with van der Waals surface area (Å²) in [4.78, 5) is 27.9. The topological polar surface area (TPSA) is 67.9 Å². The fourth-order valence-electron chi connectivity index (χ4n) is 5.46. The first kappa shape index (κ1) is 26.5. The minimum absolute atomic E-state index is 0.0661. The largest absolute Gasteiger partial charge is 0.444 e. The van der Waals surface area contributed by atoms with E-state index in [-0.39, 0.29) is 36.7 Å². The van der Waals surface area contributed by atoms with Crippen molar-refractivity contribution in [1.29, 1.82) is 0 Å². The quantitative estimate of drug-likeness (QED) is 0.422. The van der Waals surface area contributed by atoms with Crippen molar-refractivity contribution in [2.75, 3.05) is 6.54 Å². The highest BCUT2D eigenvalue weighted by atomic mass is 16.6. The minimum atomic E-state index is -0.782. The van der Waals surface area contributed by atoms with Gasteiger partial charge >= 0.3 is 6.09 Å². The molecule has 0 radical (unpaired) electrons. The predicted octanol–water partition coefficient (Wildman–Crippen LogP) is 6.04. The molecular formula is C28H44N2O4. The molecule has 6 nitrogen and oxygen atoms in total. The number of ether oxygens (including phenoxy) is 2. The second-order valence-electron chi connectivity index (χ2n) is 10.6. The maximum Gasteiger partial charge on any atom is 0.412 e. The predicted molar refractivity (Wildman–Crippen MR) is 134 cm³/mol. The van der Waals surface area contributed by atoms with Gasteiger partial charge in [-0.2, -0.15) is 0 Å². The van der Waals surface area contributed by atoms with Crippen LogP contribution in [0, 0.1) is 11.8 Å². The highest BCUT2D eigenvalue weighted by Gasteiger charge is 2.51. The smallest absolute Gasteiger partial charge is 0.412 e. The molecule has 190 valence electrons. The van der Waals surface area contributed by atoms with Crippen molar-refractivity contribution >= 4 is 12.0 Å². The van der Waals surface area contributed by atoms with Crippen LogP contribution in [0.15, 0.2) is 30.3 Å². The lowest BCUT2D eigenvalue weighted by atomic mass is 9.82. The Bertz CT molecular complexity index is 776. The van der Waals surface area contributed by atoms with Gasteiger partial charge in [-0.15, -0.1) is 0 Å². The number of nitrogens with zero attached hydrogens (tertiary/aromatic N) is 1. The van der Waals surface area contributed by atoms with Crippen LogP contribution in [0.2, 0.25) is 0 Å². The molecule has 0 bridgehead atoms. The minimum Gasteiger partial charge on any atom is -0.444 e. The summed E-state index contributed by atoms with van der Waals surface area (Å²) >= 11 is 0. The number of carbonyl (C=O) groups excluding carboxylic acids is 2. The van der Waals surface area contributed by atoms with E-state index in [0.29, 0.717) is 18.9 Å². The molecule has 1 aliphatic heterocycles. The van der Waals surface area contributed by atoms with Crippen molar-refractivity contribution in [3.8, 4) is 0 Å². The van der Waals surface area contributed by atoms with E-state index in [9.17, 15) is 9.59 Å². The van der Waals surface area contributed by atoms with Crippen LogP contribution in [-0.4, -0.2) is 41.3 Å². The summed E-state index contributed by atoms with van der Waals surface area (Å²) in [6, 6.07) is 9.67. The molecule has 2 aliphatic rings. The van der Waals surface area contributed by atoms with E-state index in [1.54, 1.807) is 0 Å². The Morgan fingerprint density at radius 1 is 1.18 bits per heavy atom. The molecule has 3 atom stereocenters. The van der Waals surface area contributed by atoms with E-state index in [1.807, 2.05) is 56.0 Å². The number of carbonyl (C=O) groups is 2. The molecule has 1 aliphatic carbocycles. The standard InChI is InChI=1S/C28H44N2O4/c1-5-6-17-29-26(31)21(2)18-25-24(19-22-13-9-7-10-14-22)30(28(3,4)34-25)27(32)33-20-23-15-11-8-12-16-23/h8,11-12,15-16,21-22,24-25H,5-7,9-10,13-14,17-20H2,1-4H3,(H,29,31)/t21-,24-,25-/m0/s1. The zero-order valence-electron chi connectivity index (χ0n) is 21.6. The Labute approximate surface area is 205 Å². The number of hydrogen-bond donors (Lipinski definition) is 1. The van der Waals surface area contributed by atoms with Crippen LogP contribution < -0.4 is 5.32 Å². The van der Waals surface area contributed by atoms with Gasteiger partial charge in [0.1, 0.15) is 12.3 Å². The molecule has 3 rings (SSSR count). The van der Waals surface area contributed by atoms with Gasteiger partial charge in [-0.1, -0.05) is 82.7 Å². The molecule has 2 amide bonds. The van der Waals surface area contributed by atoms with Crippen LogP contribution in [0.5, 0.6) is 0 Å². The fourth-order valence-corrected chi connectivity index (χ4v) is 5.46. The van der Waals surface area contributed by atoms with Crippen LogP contribution in [0.1, 0.15) is 91.0 Å². The van der Waals surface area contributed by atoms with E-state index >= 15 is 0 Å². The van der Waals surface area contributed by atoms with E-state index < -0.39 is 5.72 Å². The lowest BCUT2D eigenvalue weighted by Gasteiger charge is -2.35. The highest BCUT2D eigenvalue weighted by molar-refractivity contribution is 5.78. The Morgan fingerprint density at radius 3 is 2.56 bits per heavy atom. The Balaban J connectivity index is 1.72. The van der Waals surface area contributed by atoms with Crippen molar-refractivity contribution < 1.29 is 19.1 Å². The van der Waals surface area contributed by atoms with Crippen LogP contribution in [-0.2, 0) is 20.9 Å². The third-order valence-corrected chi connectivity index (χ3v) is 7.35. The average Bonchev–Trinajstić information content (AvgIpc) is 3.07. The summed E-state index contributed by atoms with van der Waals surface area (Å²) in [5.74, 6) is 0.472. The maximum atomic E-state index is 13.4. The molecule has 0 unspecified atom stereocenters. The number of hydrogen-bond acceptors (Lipinski definition) is 4. The van der Waals surface area contributed by atoms with Crippen LogP contribution in [0.3, 0.4) is 0 Å². The highest BCUT2D eigenvalue weighted by Crippen LogP contribution is 2.40. The van der Waals surface area contributed by atoms with Crippen LogP contribution >= 0.6 is 0 Å². The number of benzene rings is 1.